The zero-order chi connectivity index (χ0) is 15.1. The van der Waals surface area contributed by atoms with Crippen molar-refractivity contribution in [2.45, 2.75) is 13.0 Å². The number of nitrogens with zero attached hydrogens (tertiary/aromatic N) is 1. The molecule has 0 fully saturated rings. The molecule has 1 aromatic carbocycles. The number of rotatable bonds is 7. The molecule has 5 nitrogen and oxygen atoms in total. The maximum Gasteiger partial charge on any atom is 0.257 e. The van der Waals surface area contributed by atoms with Gasteiger partial charge in [-0.2, -0.15) is 0 Å². The van der Waals surface area contributed by atoms with E-state index in [-0.39, 0.29) is 23.5 Å². The summed E-state index contributed by atoms with van der Waals surface area (Å²) in [5, 5.41) is 2.81. The first-order valence-electron chi connectivity index (χ1n) is 6.36. The minimum Gasteiger partial charge on any atom is -0.483 e. The summed E-state index contributed by atoms with van der Waals surface area (Å²) >= 11 is 4.94. The second-order valence-corrected chi connectivity index (χ2v) is 5.21. The molecule has 0 aliphatic rings. The molecule has 1 rings (SSSR count). The third kappa shape index (κ3) is 5.14. The standard InChI is InChI=1S/C14H21N3O2S/c1-10(17(2)3)8-16-13(18)9-19-12-7-5-4-6-11(12)14(15)20/h4-7,10H,8-9H2,1-3H3,(H2,15,20)(H,16,18). The number of hydrogen-bond donors (Lipinski definition) is 2. The van der Waals surface area contributed by atoms with Gasteiger partial charge in [0.1, 0.15) is 10.7 Å². The van der Waals surface area contributed by atoms with Crippen molar-refractivity contribution >= 4 is 23.1 Å². The largest absolute Gasteiger partial charge is 0.483 e. The lowest BCUT2D eigenvalue weighted by Gasteiger charge is -2.20. The highest BCUT2D eigenvalue weighted by Crippen LogP contribution is 2.17. The highest BCUT2D eigenvalue weighted by Gasteiger charge is 2.10. The van der Waals surface area contributed by atoms with Gasteiger partial charge in [0, 0.05) is 12.6 Å². The smallest absolute Gasteiger partial charge is 0.257 e. The Kier molecular flexibility index (Phi) is 6.41. The quantitative estimate of drug-likeness (QED) is 0.727. The first-order chi connectivity index (χ1) is 9.41. The van der Waals surface area contributed by atoms with Crippen molar-refractivity contribution in [2.24, 2.45) is 5.73 Å². The van der Waals surface area contributed by atoms with E-state index >= 15 is 0 Å². The van der Waals surface area contributed by atoms with Gasteiger partial charge in [0.15, 0.2) is 6.61 Å². The number of nitrogens with two attached hydrogens (primary N) is 1. The van der Waals surface area contributed by atoms with Gasteiger partial charge in [-0.05, 0) is 33.2 Å². The summed E-state index contributed by atoms with van der Waals surface area (Å²) in [6.07, 6.45) is 0. The number of amides is 1. The van der Waals surface area contributed by atoms with E-state index in [0.29, 0.717) is 17.9 Å². The number of nitrogens with one attached hydrogen (secondary N) is 1. The van der Waals surface area contributed by atoms with Crippen LogP contribution in [0.2, 0.25) is 0 Å². The van der Waals surface area contributed by atoms with Gasteiger partial charge in [0.25, 0.3) is 5.91 Å². The van der Waals surface area contributed by atoms with E-state index in [1.165, 1.54) is 0 Å². The summed E-state index contributed by atoms with van der Waals surface area (Å²) in [6.45, 7) is 2.55. The molecule has 0 bridgehead atoms. The number of thiocarbonyl (C=S) groups is 1. The summed E-state index contributed by atoms with van der Waals surface area (Å²) in [7, 11) is 3.93. The molecule has 1 atom stereocenters. The van der Waals surface area contributed by atoms with E-state index in [0.717, 1.165) is 0 Å². The lowest BCUT2D eigenvalue weighted by atomic mass is 10.2. The van der Waals surface area contributed by atoms with Crippen LogP contribution < -0.4 is 15.8 Å². The van der Waals surface area contributed by atoms with Crippen molar-refractivity contribution in [2.75, 3.05) is 27.2 Å². The fourth-order valence-corrected chi connectivity index (χ4v) is 1.60. The summed E-state index contributed by atoms with van der Waals surface area (Å²) in [5.41, 5.74) is 6.23. The first kappa shape index (κ1) is 16.4. The average Bonchev–Trinajstić information content (AvgIpc) is 2.42. The van der Waals surface area contributed by atoms with Gasteiger partial charge in [0.2, 0.25) is 0 Å². The Morgan fingerprint density at radius 3 is 2.70 bits per heavy atom. The Morgan fingerprint density at radius 2 is 2.10 bits per heavy atom. The molecule has 0 radical (unpaired) electrons. The summed E-state index contributed by atoms with van der Waals surface area (Å²) in [6, 6.07) is 7.40. The fraction of sp³-hybridized carbons (Fsp3) is 0.429. The van der Waals surface area contributed by atoms with Crippen LogP contribution in [-0.2, 0) is 4.79 Å². The zero-order valence-electron chi connectivity index (χ0n) is 12.1. The van der Waals surface area contributed by atoms with Crippen LogP contribution in [0.5, 0.6) is 5.75 Å². The van der Waals surface area contributed by atoms with E-state index in [4.69, 9.17) is 22.7 Å². The van der Waals surface area contributed by atoms with Gasteiger partial charge in [-0.1, -0.05) is 24.4 Å². The van der Waals surface area contributed by atoms with E-state index in [1.807, 2.05) is 38.1 Å². The van der Waals surface area contributed by atoms with Crippen molar-refractivity contribution in [3.63, 3.8) is 0 Å². The predicted octanol–water partition coefficient (Wildman–Crippen LogP) is 0.766. The highest BCUT2D eigenvalue weighted by molar-refractivity contribution is 7.80. The molecule has 1 unspecified atom stereocenters. The van der Waals surface area contributed by atoms with Crippen molar-refractivity contribution in [3.05, 3.63) is 29.8 Å². The van der Waals surface area contributed by atoms with Crippen LogP contribution in [0.4, 0.5) is 0 Å². The molecule has 3 N–H and O–H groups in total. The zero-order valence-corrected chi connectivity index (χ0v) is 12.9. The van der Waals surface area contributed by atoms with Crippen molar-refractivity contribution in [3.8, 4) is 5.75 Å². The van der Waals surface area contributed by atoms with Gasteiger partial charge in [-0.3, -0.25) is 4.79 Å². The van der Waals surface area contributed by atoms with Gasteiger partial charge in [0.05, 0.1) is 5.56 Å². The molecule has 0 spiro atoms. The molecule has 6 heteroatoms. The second kappa shape index (κ2) is 7.81. The summed E-state index contributed by atoms with van der Waals surface area (Å²) in [5.74, 6) is 0.354. The van der Waals surface area contributed by atoms with E-state index in [1.54, 1.807) is 12.1 Å². The number of hydrogen-bond acceptors (Lipinski definition) is 4. The summed E-state index contributed by atoms with van der Waals surface area (Å²) in [4.78, 5) is 14.0. The molecule has 1 amide bonds. The lowest BCUT2D eigenvalue weighted by molar-refractivity contribution is -0.123. The molecular formula is C14H21N3O2S. The van der Waals surface area contributed by atoms with E-state index in [2.05, 4.69) is 5.32 Å². The van der Waals surface area contributed by atoms with Gasteiger partial charge >= 0.3 is 0 Å². The molecule has 0 heterocycles. The molecule has 0 saturated heterocycles. The lowest BCUT2D eigenvalue weighted by Crippen LogP contribution is -2.40. The fourth-order valence-electron chi connectivity index (χ4n) is 1.43. The van der Waals surface area contributed by atoms with Crippen LogP contribution in [0, 0.1) is 0 Å². The Hall–Kier alpha value is -1.66. The molecule has 0 aliphatic heterocycles. The highest BCUT2D eigenvalue weighted by atomic mass is 32.1. The number of para-hydroxylation sites is 1. The molecule has 110 valence electrons. The van der Waals surface area contributed by atoms with E-state index in [9.17, 15) is 4.79 Å². The maximum absolute atomic E-state index is 11.7. The first-order valence-corrected chi connectivity index (χ1v) is 6.77. The molecule has 0 aromatic heterocycles. The number of benzene rings is 1. The minimum atomic E-state index is -0.170. The number of carbonyl (C=O) groups excluding carboxylic acids is 1. The summed E-state index contributed by atoms with van der Waals surface area (Å²) < 4.78 is 5.46. The Bertz CT molecular complexity index is 477. The minimum absolute atomic E-state index is 0.0558. The number of likely N-dealkylation sites (N-methyl/N-ethyl adjacent to an activating group) is 1. The SMILES string of the molecule is CC(CNC(=O)COc1ccccc1C(N)=S)N(C)C. The molecule has 1 aromatic rings. The van der Waals surface area contributed by atoms with Crippen LogP contribution >= 0.6 is 12.2 Å². The Labute approximate surface area is 125 Å². The molecule has 0 saturated carbocycles. The van der Waals surface area contributed by atoms with Crippen LogP contribution in [0.25, 0.3) is 0 Å². The number of ether oxygens (including phenoxy) is 1. The Balaban J connectivity index is 2.47. The maximum atomic E-state index is 11.7. The van der Waals surface area contributed by atoms with Crippen LogP contribution in [0.3, 0.4) is 0 Å². The second-order valence-electron chi connectivity index (χ2n) is 4.77. The van der Waals surface area contributed by atoms with Crippen LogP contribution in [0.1, 0.15) is 12.5 Å². The van der Waals surface area contributed by atoms with Gasteiger partial charge < -0.3 is 20.7 Å². The monoisotopic (exact) mass is 295 g/mol. The molecular weight excluding hydrogens is 274 g/mol. The number of carbonyl (C=O) groups is 1. The predicted molar refractivity (Wildman–Crippen MR) is 84.0 cm³/mol. The Morgan fingerprint density at radius 1 is 1.45 bits per heavy atom. The van der Waals surface area contributed by atoms with Crippen LogP contribution in [-0.4, -0.2) is 49.1 Å². The van der Waals surface area contributed by atoms with Crippen molar-refractivity contribution in [1.29, 1.82) is 0 Å². The van der Waals surface area contributed by atoms with Gasteiger partial charge in [-0.15, -0.1) is 0 Å². The molecule has 20 heavy (non-hydrogen) atoms. The van der Waals surface area contributed by atoms with E-state index < -0.39 is 0 Å². The average molecular weight is 295 g/mol. The van der Waals surface area contributed by atoms with Crippen molar-refractivity contribution < 1.29 is 9.53 Å². The van der Waals surface area contributed by atoms with Gasteiger partial charge in [-0.25, -0.2) is 0 Å². The third-order valence-corrected chi connectivity index (χ3v) is 3.21. The molecule has 0 aliphatic carbocycles. The normalized spacial score (nSPS) is 12.0. The van der Waals surface area contributed by atoms with Crippen LogP contribution in [0.15, 0.2) is 24.3 Å². The topological polar surface area (TPSA) is 67.6 Å². The van der Waals surface area contributed by atoms with Crippen molar-refractivity contribution in [1.82, 2.24) is 10.2 Å². The third-order valence-electron chi connectivity index (χ3n) is 2.99.